The number of aliphatic carboxylic acids is 1. The summed E-state index contributed by atoms with van der Waals surface area (Å²) in [5.74, 6) is -1.81. The summed E-state index contributed by atoms with van der Waals surface area (Å²) >= 11 is 0. The van der Waals surface area contributed by atoms with E-state index in [1.54, 1.807) is 29.6 Å². The number of nitrogens with one attached hydrogen (secondary N) is 2. The number of sulfonamides is 1. The van der Waals surface area contributed by atoms with Crippen LogP contribution in [0.15, 0.2) is 42.5 Å². The molecule has 1 unspecified atom stereocenters. The lowest BCUT2D eigenvalue weighted by molar-refractivity contribution is -0.139. The standard InChI is InChI=1S/C32H47N3O7S2/c1-24-10-7-8-13-27(24)29-22-26(14-15-28(29)31(36)34-30(32(37)38)17-21-43(3,39)40)23-35(44(41,42)20-9-18-33-2)19-16-25-11-5-4-6-12-25/h7-8,10,13-15,22,25,30,33H,4-6,9,11-12,16-21,23H2,1-3H3,(H,34,36)(H,37,38). The number of carboxylic acids is 1. The molecule has 0 spiro atoms. The first kappa shape index (κ1) is 35.7. The molecule has 1 atom stereocenters. The second-order valence-electron chi connectivity index (χ2n) is 11.9. The summed E-state index contributed by atoms with van der Waals surface area (Å²) in [4.78, 5) is 25.3. The molecule has 0 aliphatic heterocycles. The van der Waals surface area contributed by atoms with Gasteiger partial charge in [-0.3, -0.25) is 4.79 Å². The SMILES string of the molecule is CNCCCS(=O)(=O)N(CCC1CCCCC1)Cc1ccc(C(=O)NC(CCS(C)(=O)=O)C(=O)O)c(-c2ccccc2C)c1. The van der Waals surface area contributed by atoms with Gasteiger partial charge in [-0.1, -0.05) is 62.4 Å². The Morgan fingerprint density at radius 3 is 2.34 bits per heavy atom. The van der Waals surface area contributed by atoms with E-state index < -0.39 is 37.8 Å². The van der Waals surface area contributed by atoms with Crippen molar-refractivity contribution in [1.82, 2.24) is 14.9 Å². The Balaban J connectivity index is 1.95. The second kappa shape index (κ2) is 16.5. The minimum Gasteiger partial charge on any atom is -0.480 e. The molecule has 3 rings (SSSR count). The molecule has 1 aliphatic carbocycles. The van der Waals surface area contributed by atoms with E-state index in [1.807, 2.05) is 31.2 Å². The van der Waals surface area contributed by atoms with Crippen LogP contribution in [0.2, 0.25) is 0 Å². The molecular formula is C32H47N3O7S2. The molecule has 1 fully saturated rings. The molecule has 0 aromatic heterocycles. The van der Waals surface area contributed by atoms with Crippen molar-refractivity contribution in [3.63, 3.8) is 0 Å². The molecule has 2 aromatic rings. The Labute approximate surface area is 262 Å². The first-order chi connectivity index (χ1) is 20.8. The summed E-state index contributed by atoms with van der Waals surface area (Å²) in [6.07, 6.45) is 7.89. The van der Waals surface area contributed by atoms with Crippen molar-refractivity contribution in [2.45, 2.75) is 70.9 Å². The highest BCUT2D eigenvalue weighted by atomic mass is 32.2. The Kier molecular flexibility index (Phi) is 13.4. The van der Waals surface area contributed by atoms with Gasteiger partial charge in [0, 0.05) is 24.9 Å². The Morgan fingerprint density at radius 2 is 1.70 bits per heavy atom. The number of carboxylic acid groups (broad SMARTS) is 1. The molecule has 0 heterocycles. The smallest absolute Gasteiger partial charge is 0.326 e. The molecule has 0 radical (unpaired) electrons. The van der Waals surface area contributed by atoms with E-state index in [2.05, 4.69) is 10.6 Å². The molecule has 44 heavy (non-hydrogen) atoms. The van der Waals surface area contributed by atoms with Gasteiger partial charge in [-0.05, 0) is 80.1 Å². The topological polar surface area (TPSA) is 150 Å². The maximum absolute atomic E-state index is 13.5. The van der Waals surface area contributed by atoms with Crippen LogP contribution >= 0.6 is 0 Å². The number of hydrogen-bond acceptors (Lipinski definition) is 7. The fourth-order valence-electron chi connectivity index (χ4n) is 5.69. The third kappa shape index (κ3) is 11.0. The lowest BCUT2D eigenvalue weighted by Crippen LogP contribution is -2.42. The van der Waals surface area contributed by atoms with Crippen molar-refractivity contribution in [3.8, 4) is 11.1 Å². The lowest BCUT2D eigenvalue weighted by Gasteiger charge is -2.27. The van der Waals surface area contributed by atoms with Gasteiger partial charge in [0.2, 0.25) is 10.0 Å². The Hall–Kier alpha value is -2.80. The average molecular weight is 650 g/mol. The van der Waals surface area contributed by atoms with Gasteiger partial charge in [0.05, 0.1) is 11.5 Å². The van der Waals surface area contributed by atoms with Crippen LogP contribution in [0.25, 0.3) is 11.1 Å². The first-order valence-corrected chi connectivity index (χ1v) is 19.0. The van der Waals surface area contributed by atoms with Crippen molar-refractivity contribution in [1.29, 1.82) is 0 Å². The number of amides is 1. The monoisotopic (exact) mass is 649 g/mol. The van der Waals surface area contributed by atoms with Crippen LogP contribution in [0.4, 0.5) is 0 Å². The van der Waals surface area contributed by atoms with Gasteiger partial charge in [0.15, 0.2) is 0 Å². The largest absolute Gasteiger partial charge is 0.480 e. The molecule has 0 bridgehead atoms. The quantitative estimate of drug-likeness (QED) is 0.218. The molecular weight excluding hydrogens is 603 g/mol. The highest BCUT2D eigenvalue weighted by molar-refractivity contribution is 7.90. The number of hydrogen-bond donors (Lipinski definition) is 3. The van der Waals surface area contributed by atoms with Gasteiger partial charge in [0.25, 0.3) is 5.91 Å². The van der Waals surface area contributed by atoms with E-state index in [0.29, 0.717) is 36.6 Å². The van der Waals surface area contributed by atoms with Crippen LogP contribution in [-0.4, -0.2) is 82.1 Å². The maximum atomic E-state index is 13.5. The Bertz CT molecular complexity index is 1490. The number of benzene rings is 2. The highest BCUT2D eigenvalue weighted by Gasteiger charge is 2.27. The van der Waals surface area contributed by atoms with Gasteiger partial charge in [-0.15, -0.1) is 0 Å². The van der Waals surface area contributed by atoms with Crippen molar-refractivity contribution < 1.29 is 31.5 Å². The minimum atomic E-state index is -3.55. The first-order valence-electron chi connectivity index (χ1n) is 15.3. The van der Waals surface area contributed by atoms with E-state index in [9.17, 15) is 31.5 Å². The zero-order chi connectivity index (χ0) is 32.3. The molecule has 1 aliphatic rings. The Morgan fingerprint density at radius 1 is 1.00 bits per heavy atom. The predicted octanol–water partition coefficient (Wildman–Crippen LogP) is 3.99. The third-order valence-electron chi connectivity index (χ3n) is 8.24. The molecule has 1 amide bonds. The maximum Gasteiger partial charge on any atom is 0.326 e. The predicted molar refractivity (Wildman–Crippen MR) is 174 cm³/mol. The number of rotatable bonds is 17. The van der Waals surface area contributed by atoms with Crippen LogP contribution in [0, 0.1) is 12.8 Å². The summed E-state index contributed by atoms with van der Waals surface area (Å²) in [5.41, 5.74) is 3.13. The van der Waals surface area contributed by atoms with Gasteiger partial charge in [-0.2, -0.15) is 4.31 Å². The number of sulfone groups is 1. The van der Waals surface area contributed by atoms with Crippen LogP contribution in [0.3, 0.4) is 0 Å². The van der Waals surface area contributed by atoms with Gasteiger partial charge >= 0.3 is 5.97 Å². The molecule has 0 saturated heterocycles. The van der Waals surface area contributed by atoms with Gasteiger partial charge in [0.1, 0.15) is 15.9 Å². The van der Waals surface area contributed by atoms with Crippen LogP contribution in [0.1, 0.15) is 72.9 Å². The van der Waals surface area contributed by atoms with Gasteiger partial charge in [-0.25, -0.2) is 21.6 Å². The van der Waals surface area contributed by atoms with Crippen molar-refractivity contribution in [2.75, 3.05) is 37.9 Å². The normalized spacial score (nSPS) is 15.3. The van der Waals surface area contributed by atoms with E-state index in [1.165, 1.54) is 19.3 Å². The van der Waals surface area contributed by atoms with Crippen LogP contribution in [-0.2, 0) is 31.2 Å². The van der Waals surface area contributed by atoms with Crippen molar-refractivity contribution in [2.24, 2.45) is 5.92 Å². The summed E-state index contributed by atoms with van der Waals surface area (Å²) in [5, 5.41) is 15.2. The fraction of sp³-hybridized carbons (Fsp3) is 0.562. The van der Waals surface area contributed by atoms with E-state index in [-0.39, 0.29) is 30.0 Å². The summed E-state index contributed by atoms with van der Waals surface area (Å²) in [6, 6.07) is 11.2. The average Bonchev–Trinajstić information content (AvgIpc) is 2.97. The summed E-state index contributed by atoms with van der Waals surface area (Å²) in [7, 11) is -5.19. The van der Waals surface area contributed by atoms with Crippen LogP contribution < -0.4 is 10.6 Å². The molecule has 3 N–H and O–H groups in total. The zero-order valence-electron chi connectivity index (χ0n) is 26.0. The number of carbonyl (C=O) groups is 2. The number of aryl methyl sites for hydroxylation is 1. The molecule has 2 aromatic carbocycles. The third-order valence-corrected chi connectivity index (χ3v) is 11.1. The summed E-state index contributed by atoms with van der Waals surface area (Å²) in [6.45, 7) is 3.08. The lowest BCUT2D eigenvalue weighted by atomic mass is 9.87. The minimum absolute atomic E-state index is 0.0354. The van der Waals surface area contributed by atoms with E-state index in [0.717, 1.165) is 36.6 Å². The van der Waals surface area contributed by atoms with E-state index >= 15 is 0 Å². The number of nitrogens with zero attached hydrogens (tertiary/aromatic N) is 1. The zero-order valence-corrected chi connectivity index (χ0v) is 27.7. The van der Waals surface area contributed by atoms with Crippen LogP contribution in [0.5, 0.6) is 0 Å². The second-order valence-corrected chi connectivity index (χ2v) is 16.2. The van der Waals surface area contributed by atoms with Crippen molar-refractivity contribution >= 4 is 31.7 Å². The van der Waals surface area contributed by atoms with E-state index in [4.69, 9.17) is 0 Å². The molecule has 12 heteroatoms. The number of carbonyl (C=O) groups excluding carboxylic acids is 1. The highest BCUT2D eigenvalue weighted by Crippen LogP contribution is 2.30. The van der Waals surface area contributed by atoms with Gasteiger partial charge < -0.3 is 15.7 Å². The molecule has 10 nitrogen and oxygen atoms in total. The fourth-order valence-corrected chi connectivity index (χ4v) is 7.85. The van der Waals surface area contributed by atoms with Crippen molar-refractivity contribution in [3.05, 3.63) is 59.2 Å². The molecule has 244 valence electrons. The summed E-state index contributed by atoms with van der Waals surface area (Å²) < 4.78 is 51.9. The molecule has 1 saturated carbocycles.